The van der Waals surface area contributed by atoms with Crippen molar-refractivity contribution in [3.05, 3.63) is 65.7 Å². The zero-order valence-corrected chi connectivity index (χ0v) is 25.9. The molecule has 3 atom stereocenters. The first kappa shape index (κ1) is 33.1. The van der Waals surface area contributed by atoms with Crippen LogP contribution >= 0.6 is 37.0 Å². The molecule has 5 rings (SSSR count). The number of piperidine rings is 1. The van der Waals surface area contributed by atoms with Crippen molar-refractivity contribution in [1.82, 2.24) is 15.5 Å². The molecule has 7 nitrogen and oxygen atoms in total. The summed E-state index contributed by atoms with van der Waals surface area (Å²) in [5.74, 6) is 0.885. The molecule has 0 aromatic heterocycles. The average Bonchev–Trinajstić information content (AvgIpc) is 3.71. The lowest BCUT2D eigenvalue weighted by Gasteiger charge is -2.39. The summed E-state index contributed by atoms with van der Waals surface area (Å²) in [5.41, 5.74) is 7.81. The van der Waals surface area contributed by atoms with E-state index in [0.717, 1.165) is 36.9 Å². The first-order chi connectivity index (χ1) is 19.0. The predicted octanol–water partition coefficient (Wildman–Crippen LogP) is 5.31. The Kier molecular flexibility index (Phi) is 12.3. The van der Waals surface area contributed by atoms with E-state index in [1.165, 1.54) is 37.7 Å². The Morgan fingerprint density at radius 2 is 1.61 bits per heavy atom. The third kappa shape index (κ3) is 8.13. The van der Waals surface area contributed by atoms with Crippen molar-refractivity contribution in [2.75, 3.05) is 11.9 Å². The molecule has 1 saturated heterocycles. The number of carbonyl (C=O) groups is 2. The molecule has 2 aliphatic carbocycles. The first-order valence-corrected chi connectivity index (χ1v) is 14.9. The van der Waals surface area contributed by atoms with Crippen molar-refractivity contribution >= 4 is 59.6 Å². The lowest BCUT2D eigenvalue weighted by Crippen LogP contribution is -2.59. The highest BCUT2D eigenvalue weighted by atomic mass is 35.5. The van der Waals surface area contributed by atoms with Gasteiger partial charge in [0, 0.05) is 25.3 Å². The minimum absolute atomic E-state index is 0. The summed E-state index contributed by atoms with van der Waals surface area (Å²) in [7, 11) is 0. The number of anilines is 1. The lowest BCUT2D eigenvalue weighted by atomic mass is 9.84. The molecule has 5 N–H and O–H groups in total. The van der Waals surface area contributed by atoms with E-state index < -0.39 is 5.54 Å². The van der Waals surface area contributed by atoms with Crippen molar-refractivity contribution in [3.8, 4) is 0 Å². The Hall–Kier alpha value is -2.39. The summed E-state index contributed by atoms with van der Waals surface area (Å²) >= 11 is 4.90. The third-order valence-corrected chi connectivity index (χ3v) is 8.91. The number of halogens is 2. The number of nitrogens with one attached hydrogen (secondary N) is 3. The minimum atomic E-state index is -0.707. The van der Waals surface area contributed by atoms with E-state index in [2.05, 4.69) is 28.1 Å². The molecule has 0 unspecified atom stereocenters. The number of hydrogen-bond acceptors (Lipinski definition) is 4. The number of likely N-dealkylation sites (tertiary alicyclic amines) is 1. The van der Waals surface area contributed by atoms with E-state index in [-0.39, 0.29) is 53.7 Å². The molecule has 0 radical (unpaired) electrons. The normalized spacial score (nSPS) is 22.2. The Morgan fingerprint density at radius 1 is 0.927 bits per heavy atom. The zero-order valence-electron chi connectivity index (χ0n) is 23.5. The van der Waals surface area contributed by atoms with Gasteiger partial charge in [-0.2, -0.15) is 0 Å². The molecule has 1 aliphatic heterocycles. The number of fused-ring (bicyclic) bond motifs is 1. The van der Waals surface area contributed by atoms with Crippen LogP contribution in [0.5, 0.6) is 0 Å². The van der Waals surface area contributed by atoms with E-state index in [4.69, 9.17) is 18.0 Å². The van der Waals surface area contributed by atoms with Gasteiger partial charge in [0.25, 0.3) is 0 Å². The predicted molar refractivity (Wildman–Crippen MR) is 173 cm³/mol. The number of thiocarbonyl (C=S) groups is 1. The van der Waals surface area contributed by atoms with Crippen LogP contribution in [0.15, 0.2) is 54.6 Å². The van der Waals surface area contributed by atoms with E-state index in [1.54, 1.807) is 0 Å². The van der Waals surface area contributed by atoms with Crippen LogP contribution in [0.4, 0.5) is 5.69 Å². The molecule has 0 bridgehead atoms. The van der Waals surface area contributed by atoms with E-state index in [0.29, 0.717) is 25.6 Å². The fraction of sp³-hybridized carbons (Fsp3) is 0.516. The number of hydrogen-bond donors (Lipinski definition) is 4. The Balaban J connectivity index is 0.00000231. The van der Waals surface area contributed by atoms with Crippen molar-refractivity contribution in [1.29, 1.82) is 0 Å². The Morgan fingerprint density at radius 3 is 2.29 bits per heavy atom. The lowest BCUT2D eigenvalue weighted by molar-refractivity contribution is -0.146. The van der Waals surface area contributed by atoms with Crippen LogP contribution in [0.1, 0.15) is 68.9 Å². The SMILES string of the molecule is Cl.Cl.NC(=S)Nc1ccc(CNC(=O)[C@]23C[C@H]2CCCN3C(=O)[C@@H](CC2CCCCC2)NCc2ccccc2)cc1. The monoisotopic (exact) mass is 619 g/mol. The summed E-state index contributed by atoms with van der Waals surface area (Å²) < 4.78 is 0. The molecule has 224 valence electrons. The highest BCUT2D eigenvalue weighted by Crippen LogP contribution is 2.54. The molecule has 3 fully saturated rings. The fourth-order valence-electron chi connectivity index (χ4n) is 6.63. The van der Waals surface area contributed by atoms with Crippen LogP contribution in [-0.2, 0) is 22.7 Å². The maximum Gasteiger partial charge on any atom is 0.246 e. The van der Waals surface area contributed by atoms with Crippen molar-refractivity contribution in [2.24, 2.45) is 17.6 Å². The maximum atomic E-state index is 14.2. The standard InChI is InChI=1S/C31H41N5O2S.2ClH/c32-30(39)35-26-15-13-24(14-16-26)21-34-29(38)31-19-25(31)12-7-17-36(31)28(37)27(18-22-8-3-1-4-9-22)33-20-23-10-5-2-6-11-23;;/h2,5-6,10-11,13-16,22,25,27,33H,1,3-4,7-9,12,17-21H2,(H,34,38)(H3,32,35,39);2*1H/t25-,27-,31+;;/m1../s1. The van der Waals surface area contributed by atoms with Crippen LogP contribution < -0.4 is 21.7 Å². The molecule has 2 saturated carbocycles. The van der Waals surface area contributed by atoms with Crippen LogP contribution in [0.25, 0.3) is 0 Å². The zero-order chi connectivity index (χ0) is 27.2. The highest BCUT2D eigenvalue weighted by molar-refractivity contribution is 7.80. The van der Waals surface area contributed by atoms with Crippen molar-refractivity contribution < 1.29 is 9.59 Å². The number of benzene rings is 2. The van der Waals surface area contributed by atoms with Crippen molar-refractivity contribution in [3.63, 3.8) is 0 Å². The number of nitrogens with two attached hydrogens (primary N) is 1. The number of amides is 2. The Bertz CT molecular complexity index is 1160. The van der Waals surface area contributed by atoms with Gasteiger partial charge in [-0.25, -0.2) is 0 Å². The molecule has 41 heavy (non-hydrogen) atoms. The fourth-order valence-corrected chi connectivity index (χ4v) is 6.75. The quantitative estimate of drug-likeness (QED) is 0.269. The summed E-state index contributed by atoms with van der Waals surface area (Å²) in [6, 6.07) is 17.7. The topological polar surface area (TPSA) is 99.5 Å². The van der Waals surface area contributed by atoms with Crippen molar-refractivity contribution in [2.45, 2.75) is 82.5 Å². The molecule has 2 aromatic carbocycles. The molecule has 3 aliphatic rings. The highest BCUT2D eigenvalue weighted by Gasteiger charge is 2.66. The molecule has 10 heteroatoms. The van der Waals surface area contributed by atoms with Gasteiger partial charge in [-0.3, -0.25) is 9.59 Å². The summed E-state index contributed by atoms with van der Waals surface area (Å²) in [6.07, 6.45) is 9.74. The molecule has 2 aromatic rings. The van der Waals surface area contributed by atoms with Gasteiger partial charge in [-0.1, -0.05) is 74.6 Å². The maximum absolute atomic E-state index is 14.2. The van der Waals surface area contributed by atoms with E-state index >= 15 is 0 Å². The molecule has 0 spiro atoms. The van der Waals surface area contributed by atoms with Crippen LogP contribution in [0.2, 0.25) is 0 Å². The van der Waals surface area contributed by atoms with Gasteiger partial charge in [-0.05, 0) is 73.0 Å². The van der Waals surface area contributed by atoms with Gasteiger partial charge in [-0.15, -0.1) is 24.8 Å². The Labute approximate surface area is 261 Å². The van der Waals surface area contributed by atoms with Crippen LogP contribution in [0.3, 0.4) is 0 Å². The molecular weight excluding hydrogens is 577 g/mol. The summed E-state index contributed by atoms with van der Waals surface area (Å²) in [5, 5.41) is 9.89. The van der Waals surface area contributed by atoms with Gasteiger partial charge >= 0.3 is 0 Å². The van der Waals surface area contributed by atoms with Gasteiger partial charge in [0.15, 0.2) is 5.11 Å². The molecule has 1 heterocycles. The molecule has 2 amide bonds. The van der Waals surface area contributed by atoms with E-state index in [9.17, 15) is 9.59 Å². The summed E-state index contributed by atoms with van der Waals surface area (Å²) in [6.45, 7) is 1.72. The van der Waals surface area contributed by atoms with Crippen LogP contribution in [-0.4, -0.2) is 40.0 Å². The second-order valence-electron chi connectivity index (χ2n) is 11.5. The first-order valence-electron chi connectivity index (χ1n) is 14.5. The second-order valence-corrected chi connectivity index (χ2v) is 11.9. The largest absolute Gasteiger partial charge is 0.376 e. The number of carbonyl (C=O) groups excluding carboxylic acids is 2. The average molecular weight is 621 g/mol. The number of nitrogens with zero attached hydrogens (tertiary/aromatic N) is 1. The summed E-state index contributed by atoms with van der Waals surface area (Å²) in [4.78, 5) is 29.8. The third-order valence-electron chi connectivity index (χ3n) is 8.81. The van der Waals surface area contributed by atoms with Gasteiger partial charge in [0.2, 0.25) is 11.8 Å². The van der Waals surface area contributed by atoms with E-state index in [1.807, 2.05) is 47.4 Å². The smallest absolute Gasteiger partial charge is 0.246 e. The van der Waals surface area contributed by atoms with Gasteiger partial charge in [0.1, 0.15) is 5.54 Å². The van der Waals surface area contributed by atoms with Crippen LogP contribution in [0, 0.1) is 11.8 Å². The minimum Gasteiger partial charge on any atom is -0.376 e. The molecular formula is C31H43Cl2N5O2S. The number of rotatable bonds is 10. The van der Waals surface area contributed by atoms with Gasteiger partial charge < -0.3 is 26.6 Å². The van der Waals surface area contributed by atoms with Gasteiger partial charge in [0.05, 0.1) is 6.04 Å². The second kappa shape index (κ2) is 15.2.